The molecule has 3 aromatic rings. The van der Waals surface area contributed by atoms with E-state index in [9.17, 15) is 0 Å². The number of hydrogen-bond acceptors (Lipinski definition) is 3. The summed E-state index contributed by atoms with van der Waals surface area (Å²) in [6, 6.07) is 22.1. The Morgan fingerprint density at radius 2 is 1.87 bits per heavy atom. The topological polar surface area (TPSA) is 57.5 Å². The van der Waals surface area contributed by atoms with Gasteiger partial charge in [-0.1, -0.05) is 42.5 Å². The molecule has 0 saturated carbocycles. The van der Waals surface area contributed by atoms with Crippen molar-refractivity contribution < 1.29 is 0 Å². The second-order valence-electron chi connectivity index (χ2n) is 8.21. The maximum atomic E-state index is 4.43. The monoisotopic (exact) mass is 416 g/mol. The third kappa shape index (κ3) is 5.73. The third-order valence-corrected chi connectivity index (χ3v) is 5.97. The normalized spacial score (nSPS) is 19.9. The Morgan fingerprint density at radius 3 is 2.55 bits per heavy atom. The van der Waals surface area contributed by atoms with E-state index < -0.39 is 0 Å². The van der Waals surface area contributed by atoms with Gasteiger partial charge in [0.25, 0.3) is 0 Å². The lowest BCUT2D eigenvalue weighted by Crippen LogP contribution is -2.51. The van der Waals surface area contributed by atoms with Gasteiger partial charge in [0, 0.05) is 51.2 Å². The highest BCUT2D eigenvalue weighted by molar-refractivity contribution is 5.80. The van der Waals surface area contributed by atoms with Gasteiger partial charge in [0.05, 0.1) is 5.69 Å². The van der Waals surface area contributed by atoms with Gasteiger partial charge in [-0.05, 0) is 49.1 Å². The number of benzene rings is 2. The molecule has 2 N–H and O–H groups in total. The lowest BCUT2D eigenvalue weighted by Gasteiger charge is -2.38. The molecule has 31 heavy (non-hydrogen) atoms. The van der Waals surface area contributed by atoms with Gasteiger partial charge in [-0.3, -0.25) is 9.89 Å². The van der Waals surface area contributed by atoms with Gasteiger partial charge in [0.15, 0.2) is 5.96 Å². The third-order valence-electron chi connectivity index (χ3n) is 5.97. The number of rotatable bonds is 6. The first-order valence-corrected chi connectivity index (χ1v) is 11.1. The van der Waals surface area contributed by atoms with E-state index >= 15 is 0 Å². The quantitative estimate of drug-likeness (QED) is 0.476. The van der Waals surface area contributed by atoms with Crippen molar-refractivity contribution in [3.05, 3.63) is 84.2 Å². The summed E-state index contributed by atoms with van der Waals surface area (Å²) in [5.41, 5.74) is 3.66. The van der Waals surface area contributed by atoms with Crippen LogP contribution in [0.15, 0.2) is 78.0 Å². The van der Waals surface area contributed by atoms with Crippen molar-refractivity contribution in [2.75, 3.05) is 13.6 Å². The molecule has 162 valence electrons. The van der Waals surface area contributed by atoms with Crippen molar-refractivity contribution in [1.29, 1.82) is 0 Å². The van der Waals surface area contributed by atoms with E-state index in [1.54, 1.807) is 6.20 Å². The summed E-state index contributed by atoms with van der Waals surface area (Å²) in [4.78, 5) is 7.01. The lowest BCUT2D eigenvalue weighted by atomic mass is 9.97. The van der Waals surface area contributed by atoms with Crippen LogP contribution in [-0.4, -0.2) is 46.3 Å². The van der Waals surface area contributed by atoms with Gasteiger partial charge in [0.2, 0.25) is 0 Å². The van der Waals surface area contributed by atoms with Crippen molar-refractivity contribution in [2.24, 2.45) is 4.99 Å². The largest absolute Gasteiger partial charge is 0.354 e. The molecule has 0 bridgehead atoms. The predicted octanol–water partition coefficient (Wildman–Crippen LogP) is 3.59. The highest BCUT2D eigenvalue weighted by atomic mass is 15.3. The zero-order valence-corrected chi connectivity index (χ0v) is 18.4. The first-order chi connectivity index (χ1) is 15.2. The Bertz CT molecular complexity index is 949. The minimum absolute atomic E-state index is 0.440. The zero-order chi connectivity index (χ0) is 21.5. The molecule has 0 spiro atoms. The average molecular weight is 417 g/mol. The van der Waals surface area contributed by atoms with Crippen LogP contribution in [0.25, 0.3) is 5.69 Å². The number of likely N-dealkylation sites (tertiary alicyclic amines) is 1. The zero-order valence-electron chi connectivity index (χ0n) is 18.4. The van der Waals surface area contributed by atoms with Gasteiger partial charge in [0.1, 0.15) is 0 Å². The van der Waals surface area contributed by atoms with Crippen molar-refractivity contribution >= 4 is 5.96 Å². The summed E-state index contributed by atoms with van der Waals surface area (Å²) < 4.78 is 1.86. The minimum Gasteiger partial charge on any atom is -0.354 e. The average Bonchev–Trinajstić information content (AvgIpc) is 3.34. The van der Waals surface area contributed by atoms with Crippen LogP contribution < -0.4 is 10.6 Å². The van der Waals surface area contributed by atoms with Gasteiger partial charge in [-0.2, -0.15) is 5.10 Å². The number of piperidine rings is 1. The first-order valence-electron chi connectivity index (χ1n) is 11.1. The summed E-state index contributed by atoms with van der Waals surface area (Å²) in [7, 11) is 1.84. The fraction of sp³-hybridized carbons (Fsp3) is 0.360. The summed E-state index contributed by atoms with van der Waals surface area (Å²) >= 11 is 0. The number of hydrogen-bond donors (Lipinski definition) is 2. The summed E-state index contributed by atoms with van der Waals surface area (Å²) in [6.07, 6.45) is 5.98. The van der Waals surface area contributed by atoms with Crippen LogP contribution in [0.4, 0.5) is 0 Å². The highest BCUT2D eigenvalue weighted by Crippen LogP contribution is 2.20. The van der Waals surface area contributed by atoms with Gasteiger partial charge >= 0.3 is 0 Å². The van der Waals surface area contributed by atoms with Crippen molar-refractivity contribution in [3.8, 4) is 5.69 Å². The van der Waals surface area contributed by atoms with Crippen LogP contribution in [0.5, 0.6) is 0 Å². The van der Waals surface area contributed by atoms with E-state index in [1.165, 1.54) is 11.1 Å². The number of aliphatic imine (C=N–C) groups is 1. The van der Waals surface area contributed by atoms with E-state index in [4.69, 9.17) is 0 Å². The Labute approximate surface area is 185 Å². The van der Waals surface area contributed by atoms with E-state index in [-0.39, 0.29) is 0 Å². The molecule has 0 aliphatic carbocycles. The smallest absolute Gasteiger partial charge is 0.191 e. The predicted molar refractivity (Wildman–Crippen MR) is 126 cm³/mol. The first kappa shape index (κ1) is 21.1. The number of guanidine groups is 1. The lowest BCUT2D eigenvalue weighted by molar-refractivity contribution is 0.134. The number of nitrogens with one attached hydrogen (secondary N) is 2. The van der Waals surface area contributed by atoms with Crippen LogP contribution in [0, 0.1) is 0 Å². The van der Waals surface area contributed by atoms with Crippen molar-refractivity contribution in [2.45, 2.75) is 44.9 Å². The van der Waals surface area contributed by atoms with Gasteiger partial charge in [-0.25, -0.2) is 4.68 Å². The molecule has 1 aliphatic rings. The molecule has 6 nitrogen and oxygen atoms in total. The minimum atomic E-state index is 0.440. The van der Waals surface area contributed by atoms with E-state index in [0.717, 1.165) is 44.1 Å². The highest BCUT2D eigenvalue weighted by Gasteiger charge is 2.25. The molecule has 1 aliphatic heterocycles. The Hall–Kier alpha value is -3.12. The maximum absolute atomic E-state index is 4.43. The Morgan fingerprint density at radius 1 is 1.06 bits per heavy atom. The second kappa shape index (κ2) is 10.3. The van der Waals surface area contributed by atoms with Gasteiger partial charge < -0.3 is 10.6 Å². The molecule has 2 aromatic carbocycles. The van der Waals surface area contributed by atoms with Crippen LogP contribution in [0.1, 0.15) is 30.9 Å². The van der Waals surface area contributed by atoms with Crippen LogP contribution in [0.2, 0.25) is 0 Å². The molecule has 2 unspecified atom stereocenters. The van der Waals surface area contributed by atoms with E-state index in [2.05, 4.69) is 87.1 Å². The standard InChI is InChI=1S/C25H32N6/c1-20-17-23(13-16-30(20)19-22-7-4-3-5-8-22)29-25(26-2)27-18-21-9-11-24(12-10-21)31-15-6-14-28-31/h3-12,14-15,20,23H,13,16-19H2,1-2H3,(H2,26,27,29). The molecule has 6 heteroatoms. The molecule has 1 saturated heterocycles. The fourth-order valence-corrected chi connectivity index (χ4v) is 4.17. The van der Waals surface area contributed by atoms with Crippen LogP contribution in [0.3, 0.4) is 0 Å². The van der Waals surface area contributed by atoms with Crippen molar-refractivity contribution in [1.82, 2.24) is 25.3 Å². The molecular formula is C25H32N6. The van der Waals surface area contributed by atoms with E-state index in [1.807, 2.05) is 24.0 Å². The molecule has 0 amide bonds. The molecule has 2 atom stereocenters. The van der Waals surface area contributed by atoms with E-state index in [0.29, 0.717) is 12.1 Å². The SMILES string of the molecule is CN=C(NCc1ccc(-n2cccn2)cc1)NC1CCN(Cc2ccccc2)C(C)C1. The Balaban J connectivity index is 1.25. The molecule has 0 radical (unpaired) electrons. The van der Waals surface area contributed by atoms with Crippen molar-refractivity contribution in [3.63, 3.8) is 0 Å². The van der Waals surface area contributed by atoms with Crippen LogP contribution >= 0.6 is 0 Å². The molecule has 1 fully saturated rings. The molecular weight excluding hydrogens is 384 g/mol. The number of nitrogens with zero attached hydrogens (tertiary/aromatic N) is 4. The molecule has 4 rings (SSSR count). The summed E-state index contributed by atoms with van der Waals surface area (Å²) in [5.74, 6) is 0.866. The number of aromatic nitrogens is 2. The van der Waals surface area contributed by atoms with Gasteiger partial charge in [-0.15, -0.1) is 0 Å². The Kier molecular flexibility index (Phi) is 6.99. The molecule has 2 heterocycles. The summed E-state index contributed by atoms with van der Waals surface area (Å²) in [6.45, 7) is 5.19. The fourth-order valence-electron chi connectivity index (χ4n) is 4.17. The van der Waals surface area contributed by atoms with Crippen LogP contribution in [-0.2, 0) is 13.1 Å². The summed E-state index contributed by atoms with van der Waals surface area (Å²) in [5, 5.41) is 11.4. The molecule has 1 aromatic heterocycles. The maximum Gasteiger partial charge on any atom is 0.191 e. The second-order valence-corrected chi connectivity index (χ2v) is 8.21.